The number of benzene rings is 1. The van der Waals surface area contributed by atoms with E-state index in [0.29, 0.717) is 12.1 Å². The van der Waals surface area contributed by atoms with Crippen molar-refractivity contribution in [1.29, 1.82) is 0 Å². The van der Waals surface area contributed by atoms with Crippen molar-refractivity contribution in [2.75, 3.05) is 19.6 Å². The highest BCUT2D eigenvalue weighted by Crippen LogP contribution is 2.30. The molecule has 1 saturated heterocycles. The quantitative estimate of drug-likeness (QED) is 0.927. The molecule has 1 atom stereocenters. The maximum Gasteiger partial charge on any atom is 0.416 e. The summed E-state index contributed by atoms with van der Waals surface area (Å²) in [6.07, 6.45) is -1.17. The van der Waals surface area contributed by atoms with Gasteiger partial charge in [0.05, 0.1) is 11.5 Å². The Morgan fingerprint density at radius 1 is 1.14 bits per heavy atom. The molecule has 0 radical (unpaired) electrons. The number of aliphatic carboxylic acids is 1. The molecule has 21 heavy (non-hydrogen) atoms. The monoisotopic (exact) mass is 301 g/mol. The summed E-state index contributed by atoms with van der Waals surface area (Å²) in [6.45, 7) is 2.05. The Balaban J connectivity index is 2.12. The smallest absolute Gasteiger partial charge is 0.416 e. The van der Waals surface area contributed by atoms with Crippen molar-refractivity contribution in [1.82, 2.24) is 4.90 Å². The molecule has 1 aromatic rings. The van der Waals surface area contributed by atoms with Gasteiger partial charge in [0.15, 0.2) is 0 Å². The number of rotatable bonds is 4. The molecular weight excluding hydrogens is 283 g/mol. The van der Waals surface area contributed by atoms with E-state index in [1.807, 2.05) is 0 Å². The van der Waals surface area contributed by atoms with Gasteiger partial charge in [0, 0.05) is 6.54 Å². The molecule has 1 unspecified atom stereocenters. The third-order valence-corrected chi connectivity index (χ3v) is 3.83. The Hall–Kier alpha value is -1.56. The van der Waals surface area contributed by atoms with Crippen LogP contribution in [0.2, 0.25) is 0 Å². The van der Waals surface area contributed by atoms with Gasteiger partial charge in [0.25, 0.3) is 0 Å². The fraction of sp³-hybridized carbons (Fsp3) is 0.533. The van der Waals surface area contributed by atoms with E-state index in [2.05, 4.69) is 4.90 Å². The van der Waals surface area contributed by atoms with Crippen molar-refractivity contribution in [2.45, 2.75) is 31.4 Å². The summed E-state index contributed by atoms with van der Waals surface area (Å²) >= 11 is 0. The predicted molar refractivity (Wildman–Crippen MR) is 72.1 cm³/mol. The van der Waals surface area contributed by atoms with Crippen LogP contribution in [0.3, 0.4) is 0 Å². The van der Waals surface area contributed by atoms with Crippen LogP contribution in [0.5, 0.6) is 0 Å². The summed E-state index contributed by atoms with van der Waals surface area (Å²) in [7, 11) is 0. The van der Waals surface area contributed by atoms with Crippen molar-refractivity contribution in [3.05, 3.63) is 35.4 Å². The molecule has 1 aromatic carbocycles. The van der Waals surface area contributed by atoms with Crippen molar-refractivity contribution in [3.8, 4) is 0 Å². The molecule has 1 aliphatic heterocycles. The summed E-state index contributed by atoms with van der Waals surface area (Å²) in [6, 6.07) is 4.43. The average molecular weight is 301 g/mol. The van der Waals surface area contributed by atoms with Crippen LogP contribution in [-0.2, 0) is 11.0 Å². The number of likely N-dealkylation sites (tertiary alicyclic amines) is 1. The first kappa shape index (κ1) is 15.8. The van der Waals surface area contributed by atoms with Crippen LogP contribution in [-0.4, -0.2) is 35.6 Å². The number of hydrogen-bond donors (Lipinski definition) is 1. The second kappa shape index (κ2) is 6.47. The van der Waals surface area contributed by atoms with Crippen molar-refractivity contribution >= 4 is 5.97 Å². The van der Waals surface area contributed by atoms with Crippen LogP contribution in [0, 0.1) is 0 Å². The van der Waals surface area contributed by atoms with E-state index in [4.69, 9.17) is 0 Å². The highest BCUT2D eigenvalue weighted by Gasteiger charge is 2.31. The van der Waals surface area contributed by atoms with Gasteiger partial charge >= 0.3 is 12.1 Å². The molecule has 0 spiro atoms. The Labute approximate surface area is 121 Å². The van der Waals surface area contributed by atoms with Crippen LogP contribution in [0.4, 0.5) is 13.2 Å². The lowest BCUT2D eigenvalue weighted by Crippen LogP contribution is -2.35. The van der Waals surface area contributed by atoms with Crippen molar-refractivity contribution in [3.63, 3.8) is 0 Å². The lowest BCUT2D eigenvalue weighted by atomic mass is 9.96. The number of halogens is 3. The maximum atomic E-state index is 12.5. The molecule has 0 aromatic heterocycles. The first-order chi connectivity index (χ1) is 9.88. The Morgan fingerprint density at radius 3 is 2.19 bits per heavy atom. The largest absolute Gasteiger partial charge is 0.481 e. The zero-order valence-electron chi connectivity index (χ0n) is 11.6. The Morgan fingerprint density at radius 2 is 1.71 bits per heavy atom. The van der Waals surface area contributed by atoms with Gasteiger partial charge in [0.2, 0.25) is 0 Å². The third kappa shape index (κ3) is 4.20. The number of carboxylic acids is 1. The highest BCUT2D eigenvalue weighted by molar-refractivity contribution is 5.76. The van der Waals surface area contributed by atoms with E-state index in [0.717, 1.165) is 44.5 Å². The fourth-order valence-corrected chi connectivity index (χ4v) is 2.63. The van der Waals surface area contributed by atoms with E-state index < -0.39 is 23.6 Å². The number of carboxylic acid groups (broad SMARTS) is 1. The normalized spacial score (nSPS) is 18.4. The molecule has 6 heteroatoms. The van der Waals surface area contributed by atoms with Gasteiger partial charge in [-0.3, -0.25) is 4.79 Å². The summed E-state index contributed by atoms with van der Waals surface area (Å²) in [5.41, 5.74) is -0.338. The van der Waals surface area contributed by atoms with Crippen LogP contribution in [0.15, 0.2) is 24.3 Å². The van der Waals surface area contributed by atoms with E-state index in [9.17, 15) is 23.1 Å². The standard InChI is InChI=1S/C15H18F3NO2/c16-15(17,18)12-6-4-11(5-7-12)13(14(20)21)10-19-8-2-1-3-9-19/h4-7,13H,1-3,8-10H2,(H,20,21). The Bertz CT molecular complexity index is 479. The molecule has 2 rings (SSSR count). The van der Waals surface area contributed by atoms with Gasteiger partial charge in [0.1, 0.15) is 0 Å². The molecule has 1 heterocycles. The molecule has 0 bridgehead atoms. The number of carbonyl (C=O) groups is 1. The lowest BCUT2D eigenvalue weighted by Gasteiger charge is -2.29. The second-order valence-electron chi connectivity index (χ2n) is 5.37. The van der Waals surface area contributed by atoms with Gasteiger partial charge in [-0.05, 0) is 43.6 Å². The molecule has 0 amide bonds. The van der Waals surface area contributed by atoms with Crippen molar-refractivity contribution in [2.24, 2.45) is 0 Å². The van der Waals surface area contributed by atoms with E-state index in [-0.39, 0.29) is 0 Å². The molecule has 0 aliphatic carbocycles. The average Bonchev–Trinajstić information content (AvgIpc) is 2.45. The molecular formula is C15H18F3NO2. The number of alkyl halides is 3. The van der Waals surface area contributed by atoms with Crippen LogP contribution < -0.4 is 0 Å². The minimum Gasteiger partial charge on any atom is -0.481 e. The summed E-state index contributed by atoms with van der Waals surface area (Å²) in [4.78, 5) is 13.5. The molecule has 1 aliphatic rings. The summed E-state index contributed by atoms with van der Waals surface area (Å²) in [5, 5.41) is 9.34. The molecule has 1 fully saturated rings. The van der Waals surface area contributed by atoms with Crippen LogP contribution in [0.25, 0.3) is 0 Å². The van der Waals surface area contributed by atoms with Gasteiger partial charge in [-0.25, -0.2) is 0 Å². The predicted octanol–water partition coefficient (Wildman–Crippen LogP) is 3.36. The fourth-order valence-electron chi connectivity index (χ4n) is 2.63. The number of nitrogens with zero attached hydrogens (tertiary/aromatic N) is 1. The maximum absolute atomic E-state index is 12.5. The first-order valence-corrected chi connectivity index (χ1v) is 7.00. The van der Waals surface area contributed by atoms with E-state index in [1.165, 1.54) is 12.1 Å². The topological polar surface area (TPSA) is 40.5 Å². The lowest BCUT2D eigenvalue weighted by molar-refractivity contribution is -0.139. The van der Waals surface area contributed by atoms with E-state index in [1.54, 1.807) is 0 Å². The third-order valence-electron chi connectivity index (χ3n) is 3.83. The highest BCUT2D eigenvalue weighted by atomic mass is 19.4. The summed E-state index contributed by atoms with van der Waals surface area (Å²) in [5.74, 6) is -1.79. The first-order valence-electron chi connectivity index (χ1n) is 7.00. The van der Waals surface area contributed by atoms with Crippen LogP contribution in [0.1, 0.15) is 36.3 Å². The second-order valence-corrected chi connectivity index (χ2v) is 5.37. The van der Waals surface area contributed by atoms with Gasteiger partial charge < -0.3 is 10.0 Å². The van der Waals surface area contributed by atoms with E-state index >= 15 is 0 Å². The molecule has 0 saturated carbocycles. The van der Waals surface area contributed by atoms with Crippen LogP contribution >= 0.6 is 0 Å². The molecule has 116 valence electrons. The SMILES string of the molecule is O=C(O)C(CN1CCCCC1)c1ccc(C(F)(F)F)cc1. The van der Waals surface area contributed by atoms with Gasteiger partial charge in [-0.15, -0.1) is 0 Å². The Kier molecular flexibility index (Phi) is 4.88. The minimum absolute atomic E-state index is 0.348. The zero-order chi connectivity index (χ0) is 15.5. The zero-order valence-corrected chi connectivity index (χ0v) is 11.6. The summed E-state index contributed by atoms with van der Waals surface area (Å²) < 4.78 is 37.6. The number of piperidine rings is 1. The molecule has 3 nitrogen and oxygen atoms in total. The van der Waals surface area contributed by atoms with Gasteiger partial charge in [-0.2, -0.15) is 13.2 Å². The molecule has 1 N–H and O–H groups in total. The number of hydrogen-bond acceptors (Lipinski definition) is 2. The van der Waals surface area contributed by atoms with Gasteiger partial charge in [-0.1, -0.05) is 18.6 Å². The van der Waals surface area contributed by atoms with Crippen molar-refractivity contribution < 1.29 is 23.1 Å². The minimum atomic E-state index is -4.40.